The Labute approximate surface area is 88.5 Å². The van der Waals surface area contributed by atoms with Crippen molar-refractivity contribution in [3.63, 3.8) is 0 Å². The highest BCUT2D eigenvalue weighted by Crippen LogP contribution is 2.19. The molecule has 1 heterocycles. The van der Waals surface area contributed by atoms with Gasteiger partial charge in [0.05, 0.1) is 17.4 Å². The van der Waals surface area contributed by atoms with Gasteiger partial charge in [-0.05, 0) is 13.0 Å². The third-order valence-electron chi connectivity index (χ3n) is 2.16. The van der Waals surface area contributed by atoms with Crippen LogP contribution in [0.15, 0.2) is 30.5 Å². The molecule has 0 aliphatic rings. The molecular weight excluding hydrogens is 188 g/mol. The Morgan fingerprint density at radius 1 is 1.40 bits per heavy atom. The molecule has 0 saturated heterocycles. The van der Waals surface area contributed by atoms with Crippen LogP contribution in [-0.4, -0.2) is 22.8 Å². The maximum atomic E-state index is 5.69. The van der Waals surface area contributed by atoms with Crippen molar-refractivity contribution in [1.29, 1.82) is 0 Å². The van der Waals surface area contributed by atoms with E-state index in [4.69, 9.17) is 5.73 Å². The van der Waals surface area contributed by atoms with Gasteiger partial charge in [0.1, 0.15) is 0 Å². The van der Waals surface area contributed by atoms with Gasteiger partial charge in [0.2, 0.25) is 0 Å². The Morgan fingerprint density at radius 3 is 3.00 bits per heavy atom. The van der Waals surface area contributed by atoms with Crippen molar-refractivity contribution >= 4 is 16.6 Å². The van der Waals surface area contributed by atoms with Crippen molar-refractivity contribution in [2.75, 3.05) is 11.9 Å². The van der Waals surface area contributed by atoms with Gasteiger partial charge in [-0.3, -0.25) is 0 Å². The smallest absolute Gasteiger partial charge is 0.0950 e. The molecule has 0 radical (unpaired) electrons. The van der Waals surface area contributed by atoms with E-state index in [0.717, 1.165) is 23.1 Å². The second kappa shape index (κ2) is 4.23. The molecule has 4 nitrogen and oxygen atoms in total. The molecule has 0 bridgehead atoms. The van der Waals surface area contributed by atoms with Crippen molar-refractivity contribution in [1.82, 2.24) is 10.2 Å². The zero-order valence-electron chi connectivity index (χ0n) is 8.64. The van der Waals surface area contributed by atoms with Gasteiger partial charge in [-0.2, -0.15) is 10.2 Å². The van der Waals surface area contributed by atoms with Crippen molar-refractivity contribution < 1.29 is 0 Å². The second-order valence-corrected chi connectivity index (χ2v) is 3.63. The van der Waals surface area contributed by atoms with Gasteiger partial charge < -0.3 is 11.1 Å². The largest absolute Gasteiger partial charge is 0.382 e. The summed E-state index contributed by atoms with van der Waals surface area (Å²) in [6.45, 7) is 2.69. The fourth-order valence-electron chi connectivity index (χ4n) is 1.42. The van der Waals surface area contributed by atoms with Crippen LogP contribution in [0.3, 0.4) is 0 Å². The van der Waals surface area contributed by atoms with Gasteiger partial charge in [0.15, 0.2) is 0 Å². The lowest BCUT2D eigenvalue weighted by atomic mass is 10.2. The first kappa shape index (κ1) is 9.86. The molecule has 2 aromatic rings. The number of aromatic nitrogens is 2. The number of rotatable bonds is 3. The van der Waals surface area contributed by atoms with Gasteiger partial charge in [0, 0.05) is 18.0 Å². The number of nitrogens with two attached hydrogens (primary N) is 1. The van der Waals surface area contributed by atoms with Crippen molar-refractivity contribution in [3.05, 3.63) is 30.5 Å². The lowest BCUT2D eigenvalue weighted by Gasteiger charge is -2.10. The lowest BCUT2D eigenvalue weighted by Crippen LogP contribution is -2.25. The highest BCUT2D eigenvalue weighted by Gasteiger charge is 2.01. The number of nitrogens with zero attached hydrogens (tertiary/aromatic N) is 2. The first-order chi connectivity index (χ1) is 7.27. The van der Waals surface area contributed by atoms with E-state index in [9.17, 15) is 0 Å². The average molecular weight is 202 g/mol. The Bertz CT molecular complexity index is 448. The van der Waals surface area contributed by atoms with Gasteiger partial charge >= 0.3 is 0 Å². The second-order valence-electron chi connectivity index (χ2n) is 3.63. The third kappa shape index (κ3) is 2.22. The molecule has 2 rings (SSSR count). The van der Waals surface area contributed by atoms with Crippen LogP contribution in [-0.2, 0) is 0 Å². The van der Waals surface area contributed by atoms with Crippen molar-refractivity contribution in [2.45, 2.75) is 13.0 Å². The molecule has 78 valence electrons. The summed E-state index contributed by atoms with van der Waals surface area (Å²) in [5, 5.41) is 12.3. The monoisotopic (exact) mass is 202 g/mol. The maximum Gasteiger partial charge on any atom is 0.0950 e. The molecule has 0 aliphatic carbocycles. The molecule has 15 heavy (non-hydrogen) atoms. The zero-order valence-corrected chi connectivity index (χ0v) is 8.64. The number of hydrogen-bond donors (Lipinski definition) is 2. The molecule has 3 N–H and O–H groups in total. The summed E-state index contributed by atoms with van der Waals surface area (Å²) < 4.78 is 0. The molecule has 1 atom stereocenters. The normalized spacial score (nSPS) is 12.7. The third-order valence-corrected chi connectivity index (χ3v) is 2.16. The molecule has 1 aromatic carbocycles. The van der Waals surface area contributed by atoms with E-state index in [-0.39, 0.29) is 6.04 Å². The summed E-state index contributed by atoms with van der Waals surface area (Å²) in [4.78, 5) is 0. The van der Waals surface area contributed by atoms with Crippen LogP contribution < -0.4 is 11.1 Å². The first-order valence-electron chi connectivity index (χ1n) is 4.97. The Hall–Kier alpha value is -1.68. The molecule has 4 heteroatoms. The Morgan fingerprint density at radius 2 is 2.20 bits per heavy atom. The fraction of sp³-hybridized carbons (Fsp3) is 0.273. The van der Waals surface area contributed by atoms with Gasteiger partial charge in [-0.15, -0.1) is 0 Å². The first-order valence-corrected chi connectivity index (χ1v) is 4.97. The van der Waals surface area contributed by atoms with Crippen LogP contribution in [0.1, 0.15) is 6.92 Å². The number of benzene rings is 1. The van der Waals surface area contributed by atoms with Gasteiger partial charge in [0.25, 0.3) is 0 Å². The van der Waals surface area contributed by atoms with Gasteiger partial charge in [-0.1, -0.05) is 18.2 Å². The summed E-state index contributed by atoms with van der Waals surface area (Å²) in [7, 11) is 0. The predicted octanol–water partition coefficient (Wildman–Crippen LogP) is 1.39. The van der Waals surface area contributed by atoms with E-state index in [1.165, 1.54) is 0 Å². The van der Waals surface area contributed by atoms with E-state index in [0.29, 0.717) is 0 Å². The summed E-state index contributed by atoms with van der Waals surface area (Å²) in [5.74, 6) is 0. The molecule has 1 aromatic heterocycles. The van der Waals surface area contributed by atoms with E-state index < -0.39 is 0 Å². The van der Waals surface area contributed by atoms with Crippen LogP contribution in [0.2, 0.25) is 0 Å². The van der Waals surface area contributed by atoms with Crippen molar-refractivity contribution in [3.8, 4) is 0 Å². The summed E-state index contributed by atoms with van der Waals surface area (Å²) in [6.07, 6.45) is 1.73. The topological polar surface area (TPSA) is 63.8 Å². The lowest BCUT2D eigenvalue weighted by molar-refractivity contribution is 0.780. The van der Waals surface area contributed by atoms with E-state index in [1.807, 2.05) is 31.2 Å². The minimum absolute atomic E-state index is 0.122. The Kier molecular flexibility index (Phi) is 2.78. The quantitative estimate of drug-likeness (QED) is 0.789. The highest BCUT2D eigenvalue weighted by atomic mass is 15.1. The molecule has 0 fully saturated rings. The van der Waals surface area contributed by atoms with E-state index in [1.54, 1.807) is 6.20 Å². The van der Waals surface area contributed by atoms with E-state index >= 15 is 0 Å². The average Bonchev–Trinajstić information content (AvgIpc) is 2.26. The zero-order chi connectivity index (χ0) is 10.7. The standard InChI is InChI=1S/C11H14N4/c1-8(12)6-13-11-7-14-15-10-5-3-2-4-9(10)11/h2-5,7-8H,6,12H2,1H3,(H,13,15). The SMILES string of the molecule is CC(N)CNc1cnnc2ccccc12. The summed E-state index contributed by atoms with van der Waals surface area (Å²) in [6, 6.07) is 8.03. The van der Waals surface area contributed by atoms with Crippen LogP contribution in [0.4, 0.5) is 5.69 Å². The Balaban J connectivity index is 2.34. The minimum atomic E-state index is 0.122. The molecular formula is C11H14N4. The predicted molar refractivity (Wildman–Crippen MR) is 61.7 cm³/mol. The summed E-state index contributed by atoms with van der Waals surface area (Å²) in [5.41, 5.74) is 7.57. The summed E-state index contributed by atoms with van der Waals surface area (Å²) >= 11 is 0. The van der Waals surface area contributed by atoms with Crippen LogP contribution in [0, 0.1) is 0 Å². The van der Waals surface area contributed by atoms with Crippen molar-refractivity contribution in [2.24, 2.45) is 5.73 Å². The van der Waals surface area contributed by atoms with E-state index in [2.05, 4.69) is 15.5 Å². The number of anilines is 1. The maximum absolute atomic E-state index is 5.69. The highest BCUT2D eigenvalue weighted by molar-refractivity contribution is 5.90. The van der Waals surface area contributed by atoms with Crippen LogP contribution in [0.5, 0.6) is 0 Å². The molecule has 0 spiro atoms. The fourth-order valence-corrected chi connectivity index (χ4v) is 1.42. The molecule has 0 aliphatic heterocycles. The minimum Gasteiger partial charge on any atom is -0.382 e. The molecule has 0 amide bonds. The molecule has 1 unspecified atom stereocenters. The van der Waals surface area contributed by atoms with Gasteiger partial charge in [-0.25, -0.2) is 0 Å². The molecule has 0 saturated carbocycles. The van der Waals surface area contributed by atoms with Crippen LogP contribution >= 0.6 is 0 Å². The number of nitrogens with one attached hydrogen (secondary N) is 1. The number of hydrogen-bond acceptors (Lipinski definition) is 4. The van der Waals surface area contributed by atoms with Crippen LogP contribution in [0.25, 0.3) is 10.9 Å². The number of fused-ring (bicyclic) bond motifs is 1.